The lowest BCUT2D eigenvalue weighted by molar-refractivity contribution is -0.242. The second-order valence-corrected chi connectivity index (χ2v) is 15.8. The Bertz CT molecular complexity index is 893. The van der Waals surface area contributed by atoms with Crippen LogP contribution in [-0.4, -0.2) is 54.3 Å². The van der Waals surface area contributed by atoms with E-state index in [9.17, 15) is 42.5 Å². The van der Waals surface area contributed by atoms with Crippen LogP contribution in [0.15, 0.2) is 0 Å². The molecular weight excluding hydrogens is 604 g/mol. The summed E-state index contributed by atoms with van der Waals surface area (Å²) in [6.45, 7) is 10.8. The maximum Gasteiger partial charge on any atom is 0.510 e. The number of hydrogen-bond acceptors (Lipinski definition) is 17. The van der Waals surface area contributed by atoms with Gasteiger partial charge < -0.3 is 43.1 Å². The minimum Gasteiger partial charge on any atom is -0.778 e. The van der Waals surface area contributed by atoms with Crippen molar-refractivity contribution in [3.05, 3.63) is 0 Å². The van der Waals surface area contributed by atoms with Gasteiger partial charge in [0, 0.05) is 5.66 Å². The van der Waals surface area contributed by atoms with Gasteiger partial charge in [0.25, 0.3) is 15.6 Å². The van der Waals surface area contributed by atoms with Crippen molar-refractivity contribution in [1.82, 2.24) is 0 Å². The Morgan fingerprint density at radius 1 is 0.684 bits per heavy atom. The molecule has 0 aromatic rings. The maximum atomic E-state index is 12.4. The van der Waals surface area contributed by atoms with E-state index in [0.717, 1.165) is 13.8 Å². The zero-order valence-corrected chi connectivity index (χ0v) is 25.5. The molecule has 0 aliphatic heterocycles. The van der Waals surface area contributed by atoms with Crippen molar-refractivity contribution in [2.75, 3.05) is 13.6 Å². The molecular formula is C16H33O18P4-3. The molecule has 0 rings (SSSR count). The molecule has 18 nitrogen and oxygen atoms in total. The fraction of sp³-hybridized carbons (Fsp3) is 0.875. The highest BCUT2D eigenvalue weighted by molar-refractivity contribution is 7.67. The standard InChI is InChI=1S/C13H25O9P.C3H11O9P3/c1-9(2)21-12(14)17-7-19-23(16,11(5)6)20-8-18-13(15)22-10(3)4;1-3(2)13(4,5)11-15(9,10)12-14(6,7)8/h9-11H,7-8H2,1-6H3;3H,1-2H3,(H,4,5)(H,9,10)(H2,6,7,8)/p-3. The number of ether oxygens (including phenoxy) is 4. The molecule has 0 radical (unpaired) electrons. The SMILES string of the molecule is CC(C)OC(=O)OCOP(=O)(OCOC(=O)OC(C)C)C(C)C.CC(C)P(=O)([O-])OP(=O)([O-])OP(=O)([O-])O. The molecule has 22 heteroatoms. The minimum atomic E-state index is -5.64. The van der Waals surface area contributed by atoms with Crippen molar-refractivity contribution in [1.29, 1.82) is 0 Å². The van der Waals surface area contributed by atoms with Gasteiger partial charge in [-0.25, -0.2) is 13.9 Å². The molecule has 0 aliphatic carbocycles. The summed E-state index contributed by atoms with van der Waals surface area (Å²) in [5.41, 5.74) is -1.73. The molecule has 0 saturated carbocycles. The van der Waals surface area contributed by atoms with Crippen LogP contribution in [-0.2, 0) is 54.9 Å². The van der Waals surface area contributed by atoms with Gasteiger partial charge >= 0.3 is 19.9 Å². The van der Waals surface area contributed by atoms with E-state index >= 15 is 0 Å². The third-order valence-corrected chi connectivity index (χ3v) is 9.96. The van der Waals surface area contributed by atoms with Crippen LogP contribution >= 0.6 is 30.8 Å². The van der Waals surface area contributed by atoms with E-state index < -0.39 is 68.1 Å². The van der Waals surface area contributed by atoms with E-state index in [1.165, 1.54) is 0 Å². The van der Waals surface area contributed by atoms with Gasteiger partial charge in [0.2, 0.25) is 13.6 Å². The van der Waals surface area contributed by atoms with Crippen LogP contribution in [0.25, 0.3) is 0 Å². The summed E-state index contributed by atoms with van der Waals surface area (Å²) in [4.78, 5) is 61.9. The zero-order valence-electron chi connectivity index (χ0n) is 21.9. The summed E-state index contributed by atoms with van der Waals surface area (Å²) >= 11 is 0. The van der Waals surface area contributed by atoms with Crippen LogP contribution in [0, 0.1) is 0 Å². The van der Waals surface area contributed by atoms with Crippen molar-refractivity contribution in [3.8, 4) is 0 Å². The van der Waals surface area contributed by atoms with Crippen LogP contribution in [0.4, 0.5) is 9.59 Å². The van der Waals surface area contributed by atoms with E-state index in [-0.39, 0.29) is 12.2 Å². The van der Waals surface area contributed by atoms with E-state index in [0.29, 0.717) is 0 Å². The number of hydrogen-bond donors (Lipinski definition) is 1. The van der Waals surface area contributed by atoms with Crippen LogP contribution in [0.3, 0.4) is 0 Å². The topological polar surface area (TPSA) is 266 Å². The molecule has 0 aromatic heterocycles. The molecule has 0 fully saturated rings. The molecule has 0 aromatic carbocycles. The van der Waals surface area contributed by atoms with Gasteiger partial charge in [-0.1, -0.05) is 27.7 Å². The van der Waals surface area contributed by atoms with Crippen LogP contribution in [0.1, 0.15) is 55.4 Å². The quantitative estimate of drug-likeness (QED) is 0.163. The van der Waals surface area contributed by atoms with Gasteiger partial charge in [0.1, 0.15) is 7.60 Å². The minimum absolute atomic E-state index is 0.351. The number of carbonyl (C=O) groups excluding carboxylic acids is 2. The van der Waals surface area contributed by atoms with Gasteiger partial charge in [-0.15, -0.1) is 0 Å². The fourth-order valence-electron chi connectivity index (χ4n) is 1.46. The number of rotatable bonds is 14. The summed E-state index contributed by atoms with van der Waals surface area (Å²) in [7, 11) is -19.7. The second-order valence-electron chi connectivity index (χ2n) is 7.96. The monoisotopic (exact) mass is 637 g/mol. The highest BCUT2D eigenvalue weighted by Gasteiger charge is 2.31. The van der Waals surface area contributed by atoms with Crippen molar-refractivity contribution in [3.63, 3.8) is 0 Å². The molecule has 0 amide bonds. The van der Waals surface area contributed by atoms with E-state index in [2.05, 4.69) is 18.1 Å². The summed E-state index contributed by atoms with van der Waals surface area (Å²) in [6.07, 6.45) is -2.61. The smallest absolute Gasteiger partial charge is 0.510 e. The lowest BCUT2D eigenvalue weighted by Gasteiger charge is -2.35. The Morgan fingerprint density at radius 3 is 1.32 bits per heavy atom. The second kappa shape index (κ2) is 17.1. The Labute approximate surface area is 220 Å². The van der Waals surface area contributed by atoms with E-state index in [4.69, 9.17) is 23.4 Å². The molecule has 38 heavy (non-hydrogen) atoms. The van der Waals surface area contributed by atoms with Gasteiger partial charge in [0.15, 0.2) is 0 Å². The summed E-state index contributed by atoms with van der Waals surface area (Å²) in [5.74, 6) is 0. The third kappa shape index (κ3) is 20.1. The van der Waals surface area contributed by atoms with Crippen LogP contribution < -0.4 is 14.7 Å². The van der Waals surface area contributed by atoms with Crippen molar-refractivity contribution in [2.45, 2.75) is 78.9 Å². The average Bonchev–Trinajstić information content (AvgIpc) is 2.64. The molecule has 3 unspecified atom stereocenters. The first-order valence-corrected chi connectivity index (χ1v) is 16.7. The largest absolute Gasteiger partial charge is 0.778 e. The van der Waals surface area contributed by atoms with Gasteiger partial charge in [-0.05, 0) is 27.7 Å². The first-order valence-electron chi connectivity index (χ1n) is 10.6. The molecule has 3 atom stereocenters. The van der Waals surface area contributed by atoms with Gasteiger partial charge in [0.05, 0.1) is 17.9 Å². The van der Waals surface area contributed by atoms with Crippen LogP contribution in [0.2, 0.25) is 0 Å². The Kier molecular flexibility index (Phi) is 17.6. The summed E-state index contributed by atoms with van der Waals surface area (Å²) in [5, 5.41) is 0. The highest BCUT2D eigenvalue weighted by atomic mass is 31.3. The van der Waals surface area contributed by atoms with E-state index in [1.807, 2.05) is 0 Å². The predicted octanol–water partition coefficient (Wildman–Crippen LogP) is 2.57. The third-order valence-electron chi connectivity index (χ3n) is 3.16. The molecule has 0 bridgehead atoms. The molecule has 228 valence electrons. The van der Waals surface area contributed by atoms with Crippen molar-refractivity contribution in [2.24, 2.45) is 0 Å². The highest BCUT2D eigenvalue weighted by Crippen LogP contribution is 2.62. The first kappa shape index (κ1) is 39.3. The lowest BCUT2D eigenvalue weighted by Crippen LogP contribution is -2.18. The average molecular weight is 637 g/mol. The van der Waals surface area contributed by atoms with Crippen molar-refractivity contribution >= 4 is 43.1 Å². The summed E-state index contributed by atoms with van der Waals surface area (Å²) in [6, 6.07) is 0. The predicted molar refractivity (Wildman–Crippen MR) is 122 cm³/mol. The van der Waals surface area contributed by atoms with E-state index in [1.54, 1.807) is 41.5 Å². The zero-order chi connectivity index (χ0) is 30.5. The molecule has 0 spiro atoms. The number of phosphoric acid groups is 2. The first-order chi connectivity index (χ1) is 16.9. The molecule has 1 N–H and O–H groups in total. The normalized spacial score (nSPS) is 16.6. The molecule has 0 aliphatic rings. The molecule has 0 saturated heterocycles. The Morgan fingerprint density at radius 2 is 1.05 bits per heavy atom. The fourth-order valence-corrected chi connectivity index (χ4v) is 5.80. The van der Waals surface area contributed by atoms with Gasteiger partial charge in [-0.2, -0.15) is 0 Å². The Hall–Kier alpha value is -0.860. The number of carbonyl (C=O) groups is 2. The van der Waals surface area contributed by atoms with Crippen molar-refractivity contribution < 1.29 is 84.0 Å². The summed E-state index contributed by atoms with van der Waals surface area (Å²) < 4.78 is 79.2. The van der Waals surface area contributed by atoms with Crippen LogP contribution in [0.5, 0.6) is 0 Å². The lowest BCUT2D eigenvalue weighted by atomic mass is 10.5. The molecule has 0 heterocycles. The Balaban J connectivity index is 0. The maximum absolute atomic E-state index is 12.4. The van der Waals surface area contributed by atoms with Gasteiger partial charge in [-0.3, -0.25) is 27.1 Å².